The van der Waals surface area contributed by atoms with Gasteiger partial charge in [-0.15, -0.1) is 11.3 Å². The molecule has 0 spiro atoms. The number of benzene rings is 1. The van der Waals surface area contributed by atoms with Crippen LogP contribution in [-0.2, 0) is 14.3 Å². The quantitative estimate of drug-likeness (QED) is 0.434. The van der Waals surface area contributed by atoms with E-state index < -0.39 is 17.8 Å². The van der Waals surface area contributed by atoms with Crippen molar-refractivity contribution in [3.8, 4) is 0 Å². The van der Waals surface area contributed by atoms with E-state index in [-0.39, 0.29) is 36.7 Å². The van der Waals surface area contributed by atoms with Gasteiger partial charge in [0.1, 0.15) is 18.5 Å². The van der Waals surface area contributed by atoms with Crippen LogP contribution in [0.3, 0.4) is 0 Å². The van der Waals surface area contributed by atoms with Crippen LogP contribution in [0.1, 0.15) is 35.4 Å². The standard InChI is InChI=1S/C25H28ClFN4O4S/c26-21-8-7-20(36-21)25(34)28-12-19(29-23(14-1-2-14)15-3-4-15)24(33)30-18-6-5-16(11-17(18)27)31-9-10-35-13-22(31)32/h5-8,11,14-15,19,23,29H,1-4,9-10,12-13H2,(H,28,34)(H,30,33)/t19-/m1/s1. The molecule has 3 fully saturated rings. The van der Waals surface area contributed by atoms with Gasteiger partial charge < -0.3 is 25.6 Å². The average Bonchev–Trinajstić information content (AvgIpc) is 3.80. The van der Waals surface area contributed by atoms with Gasteiger partial charge in [-0.1, -0.05) is 11.6 Å². The number of morpholine rings is 1. The predicted octanol–water partition coefficient (Wildman–Crippen LogP) is 3.42. The molecule has 0 bridgehead atoms. The maximum Gasteiger partial charge on any atom is 0.261 e. The number of amides is 3. The predicted molar refractivity (Wildman–Crippen MR) is 136 cm³/mol. The van der Waals surface area contributed by atoms with E-state index in [4.69, 9.17) is 16.3 Å². The largest absolute Gasteiger partial charge is 0.370 e. The van der Waals surface area contributed by atoms with Crippen LogP contribution >= 0.6 is 22.9 Å². The van der Waals surface area contributed by atoms with Crippen molar-refractivity contribution in [1.82, 2.24) is 10.6 Å². The lowest BCUT2D eigenvalue weighted by molar-refractivity contribution is -0.125. The molecule has 2 aliphatic carbocycles. The number of halogens is 2. The fraction of sp³-hybridized carbons (Fsp3) is 0.480. The first-order valence-corrected chi connectivity index (χ1v) is 13.4. The Bertz CT molecular complexity index is 1140. The average molecular weight is 535 g/mol. The molecular formula is C25H28ClFN4O4S. The van der Waals surface area contributed by atoms with Gasteiger partial charge in [-0.2, -0.15) is 0 Å². The minimum Gasteiger partial charge on any atom is -0.370 e. The number of anilines is 2. The minimum absolute atomic E-state index is 0.0158. The Morgan fingerprint density at radius 1 is 1.17 bits per heavy atom. The third kappa shape index (κ3) is 6.05. The van der Waals surface area contributed by atoms with Crippen LogP contribution in [0.5, 0.6) is 0 Å². The van der Waals surface area contributed by atoms with Gasteiger partial charge in [-0.3, -0.25) is 14.4 Å². The molecule has 11 heteroatoms. The number of hydrogen-bond donors (Lipinski definition) is 3. The number of nitrogens with one attached hydrogen (secondary N) is 3. The van der Waals surface area contributed by atoms with Gasteiger partial charge >= 0.3 is 0 Å². The summed E-state index contributed by atoms with van der Waals surface area (Å²) in [5, 5.41) is 8.94. The molecule has 0 unspecified atom stereocenters. The van der Waals surface area contributed by atoms with Gasteiger partial charge in [-0.05, 0) is 67.9 Å². The Kier molecular flexibility index (Phi) is 7.57. The van der Waals surface area contributed by atoms with Crippen LogP contribution in [0.2, 0.25) is 4.34 Å². The zero-order valence-electron chi connectivity index (χ0n) is 19.6. The van der Waals surface area contributed by atoms with Gasteiger partial charge in [0.15, 0.2) is 0 Å². The van der Waals surface area contributed by atoms with E-state index in [1.165, 1.54) is 17.0 Å². The summed E-state index contributed by atoms with van der Waals surface area (Å²) in [6.45, 7) is 0.735. The van der Waals surface area contributed by atoms with Crippen molar-refractivity contribution in [2.24, 2.45) is 11.8 Å². The molecule has 3 N–H and O–H groups in total. The second kappa shape index (κ2) is 10.8. The Balaban J connectivity index is 1.28. The van der Waals surface area contributed by atoms with Crippen molar-refractivity contribution in [1.29, 1.82) is 0 Å². The third-order valence-corrected chi connectivity index (χ3v) is 7.97. The molecule has 1 aromatic heterocycles. The summed E-state index contributed by atoms with van der Waals surface area (Å²) in [6.07, 6.45) is 4.50. The SMILES string of the molecule is O=C(NC[C@@H](NC(C1CC1)C1CC1)C(=O)Nc1ccc(N2CCOCC2=O)cc1F)c1ccc(Cl)s1. The molecule has 2 aromatic rings. The Labute approximate surface area is 217 Å². The maximum atomic E-state index is 14.9. The number of ether oxygens (including phenoxy) is 1. The summed E-state index contributed by atoms with van der Waals surface area (Å²) in [4.78, 5) is 39.8. The van der Waals surface area contributed by atoms with E-state index in [1.807, 2.05) is 0 Å². The number of carbonyl (C=O) groups excluding carboxylic acids is 3. The molecule has 8 nitrogen and oxygen atoms in total. The molecule has 0 radical (unpaired) electrons. The van der Waals surface area contributed by atoms with Gasteiger partial charge in [0, 0.05) is 24.8 Å². The highest BCUT2D eigenvalue weighted by molar-refractivity contribution is 7.18. The van der Waals surface area contributed by atoms with Crippen molar-refractivity contribution in [3.05, 3.63) is 45.4 Å². The van der Waals surface area contributed by atoms with Crippen LogP contribution in [0, 0.1) is 17.7 Å². The lowest BCUT2D eigenvalue weighted by atomic mass is 10.1. The Hall–Kier alpha value is -2.53. The fourth-order valence-electron chi connectivity index (χ4n) is 4.53. The molecular weight excluding hydrogens is 507 g/mol. The van der Waals surface area contributed by atoms with Crippen LogP contribution in [0.25, 0.3) is 0 Å². The summed E-state index contributed by atoms with van der Waals surface area (Å²) >= 11 is 7.11. The van der Waals surface area contributed by atoms with E-state index in [2.05, 4.69) is 16.0 Å². The molecule has 1 aliphatic heterocycles. The summed E-state index contributed by atoms with van der Waals surface area (Å²) in [5.74, 6) is -0.567. The molecule has 36 heavy (non-hydrogen) atoms. The monoisotopic (exact) mass is 534 g/mol. The maximum absolute atomic E-state index is 14.9. The van der Waals surface area contributed by atoms with Crippen LogP contribution < -0.4 is 20.9 Å². The molecule has 2 heterocycles. The van der Waals surface area contributed by atoms with E-state index in [0.29, 0.717) is 39.9 Å². The molecule has 5 rings (SSSR count). The van der Waals surface area contributed by atoms with Crippen LogP contribution in [-0.4, -0.2) is 56.1 Å². The summed E-state index contributed by atoms with van der Waals surface area (Å²) < 4.78 is 20.6. The van der Waals surface area contributed by atoms with Crippen molar-refractivity contribution >= 4 is 52.0 Å². The summed E-state index contributed by atoms with van der Waals surface area (Å²) in [6, 6.07) is 7.04. The highest BCUT2D eigenvalue weighted by Gasteiger charge is 2.43. The number of thiophene rings is 1. The Morgan fingerprint density at radius 2 is 1.92 bits per heavy atom. The second-order valence-electron chi connectivity index (χ2n) is 9.49. The lowest BCUT2D eigenvalue weighted by Gasteiger charge is -2.27. The molecule has 3 amide bonds. The molecule has 192 valence electrons. The highest BCUT2D eigenvalue weighted by Crippen LogP contribution is 2.44. The normalized spacial score (nSPS) is 18.9. The number of hydrogen-bond acceptors (Lipinski definition) is 6. The van der Waals surface area contributed by atoms with Crippen LogP contribution in [0.15, 0.2) is 30.3 Å². The van der Waals surface area contributed by atoms with E-state index >= 15 is 0 Å². The topological polar surface area (TPSA) is 99.8 Å². The van der Waals surface area contributed by atoms with Crippen molar-refractivity contribution in [3.63, 3.8) is 0 Å². The van der Waals surface area contributed by atoms with E-state index in [0.717, 1.165) is 37.0 Å². The van der Waals surface area contributed by atoms with E-state index in [9.17, 15) is 18.8 Å². The Morgan fingerprint density at radius 3 is 2.53 bits per heavy atom. The number of nitrogens with zero attached hydrogens (tertiary/aromatic N) is 1. The first-order valence-electron chi connectivity index (χ1n) is 12.2. The second-order valence-corrected chi connectivity index (χ2v) is 11.2. The smallest absolute Gasteiger partial charge is 0.261 e. The van der Waals surface area contributed by atoms with E-state index in [1.54, 1.807) is 18.2 Å². The van der Waals surface area contributed by atoms with Gasteiger partial charge in [0.25, 0.3) is 11.8 Å². The van der Waals surface area contributed by atoms with Crippen molar-refractivity contribution in [2.75, 3.05) is 36.5 Å². The third-order valence-electron chi connectivity index (χ3n) is 6.74. The zero-order chi connectivity index (χ0) is 25.2. The van der Waals surface area contributed by atoms with Gasteiger partial charge in [0.05, 0.1) is 21.5 Å². The zero-order valence-corrected chi connectivity index (χ0v) is 21.2. The molecule has 1 aromatic carbocycles. The number of rotatable bonds is 10. The van der Waals surface area contributed by atoms with Gasteiger partial charge in [-0.25, -0.2) is 4.39 Å². The molecule has 3 aliphatic rings. The molecule has 2 saturated carbocycles. The molecule has 1 saturated heterocycles. The first kappa shape index (κ1) is 25.1. The fourth-order valence-corrected chi connectivity index (χ4v) is 5.49. The minimum atomic E-state index is -0.740. The highest BCUT2D eigenvalue weighted by atomic mass is 35.5. The lowest BCUT2D eigenvalue weighted by Crippen LogP contribution is -2.53. The summed E-state index contributed by atoms with van der Waals surface area (Å²) in [5.41, 5.74) is 0.430. The van der Waals surface area contributed by atoms with Crippen molar-refractivity contribution < 1.29 is 23.5 Å². The number of carbonyl (C=O) groups is 3. The van der Waals surface area contributed by atoms with Gasteiger partial charge in [0.2, 0.25) is 5.91 Å². The molecule has 1 atom stereocenters. The van der Waals surface area contributed by atoms with Crippen molar-refractivity contribution in [2.45, 2.75) is 37.8 Å². The van der Waals surface area contributed by atoms with Crippen LogP contribution in [0.4, 0.5) is 15.8 Å². The summed E-state index contributed by atoms with van der Waals surface area (Å²) in [7, 11) is 0. The first-order chi connectivity index (χ1) is 17.4.